The summed E-state index contributed by atoms with van der Waals surface area (Å²) >= 11 is 9.29. The first-order valence-corrected chi connectivity index (χ1v) is 6.41. The van der Waals surface area contributed by atoms with Gasteiger partial charge in [0.1, 0.15) is 0 Å². The summed E-state index contributed by atoms with van der Waals surface area (Å²) in [6.45, 7) is 1.94. The lowest BCUT2D eigenvalue weighted by Gasteiger charge is -2.08. The molecule has 2 aromatic rings. The summed E-state index contributed by atoms with van der Waals surface area (Å²) in [5, 5.41) is 3.27. The lowest BCUT2D eigenvalue weighted by Crippen LogP contribution is -2.12. The maximum atomic E-state index is 12.0. The number of aromatic nitrogens is 1. The van der Waals surface area contributed by atoms with Crippen LogP contribution < -0.4 is 5.32 Å². The second-order valence-electron chi connectivity index (χ2n) is 3.83. The minimum Gasteiger partial charge on any atom is -0.321 e. The molecule has 0 spiro atoms. The summed E-state index contributed by atoms with van der Waals surface area (Å²) in [6.07, 6.45) is 3.13. The largest absolute Gasteiger partial charge is 0.321 e. The third kappa shape index (κ3) is 3.09. The SMILES string of the molecule is Cc1ccc(Cl)c(NC(=O)c2cncc(Br)c2)c1. The number of pyridine rings is 1. The standard InChI is InChI=1S/C13H10BrClN2O/c1-8-2-3-11(15)12(4-8)17-13(18)9-5-10(14)7-16-6-9/h2-7H,1H3,(H,17,18). The molecule has 0 unspecified atom stereocenters. The Balaban J connectivity index is 2.24. The van der Waals surface area contributed by atoms with E-state index in [0.29, 0.717) is 16.3 Å². The highest BCUT2D eigenvalue weighted by molar-refractivity contribution is 9.10. The molecule has 92 valence electrons. The van der Waals surface area contributed by atoms with Gasteiger partial charge < -0.3 is 5.32 Å². The Hall–Kier alpha value is -1.39. The molecular weight excluding hydrogens is 316 g/mol. The fourth-order valence-electron chi connectivity index (χ4n) is 1.47. The molecule has 0 fully saturated rings. The van der Waals surface area contributed by atoms with Crippen LogP contribution in [-0.4, -0.2) is 10.9 Å². The van der Waals surface area contributed by atoms with Crippen molar-refractivity contribution in [1.29, 1.82) is 0 Å². The predicted octanol–water partition coefficient (Wildman–Crippen LogP) is 4.06. The molecule has 0 atom stereocenters. The quantitative estimate of drug-likeness (QED) is 0.905. The number of carbonyl (C=O) groups excluding carboxylic acids is 1. The molecule has 0 aliphatic carbocycles. The molecule has 2 rings (SSSR count). The van der Waals surface area contributed by atoms with Gasteiger partial charge in [-0.1, -0.05) is 17.7 Å². The first-order chi connectivity index (χ1) is 8.56. The second kappa shape index (κ2) is 5.50. The summed E-state index contributed by atoms with van der Waals surface area (Å²) < 4.78 is 0.755. The van der Waals surface area contributed by atoms with Gasteiger partial charge >= 0.3 is 0 Å². The number of nitrogens with zero attached hydrogens (tertiary/aromatic N) is 1. The topological polar surface area (TPSA) is 42.0 Å². The van der Waals surface area contributed by atoms with E-state index in [0.717, 1.165) is 10.0 Å². The van der Waals surface area contributed by atoms with Gasteiger partial charge in [0.05, 0.1) is 16.3 Å². The number of anilines is 1. The number of carbonyl (C=O) groups is 1. The van der Waals surface area contributed by atoms with Gasteiger partial charge in [0.15, 0.2) is 0 Å². The predicted molar refractivity (Wildman–Crippen MR) is 76.1 cm³/mol. The molecular formula is C13H10BrClN2O. The zero-order chi connectivity index (χ0) is 13.1. The summed E-state index contributed by atoms with van der Waals surface area (Å²) in [7, 11) is 0. The third-order valence-electron chi connectivity index (χ3n) is 2.34. The Labute approximate surface area is 118 Å². The molecule has 1 heterocycles. The summed E-state index contributed by atoms with van der Waals surface area (Å²) in [5.41, 5.74) is 2.10. The lowest BCUT2D eigenvalue weighted by atomic mass is 10.2. The van der Waals surface area contributed by atoms with Crippen molar-refractivity contribution < 1.29 is 4.79 Å². The Morgan fingerprint density at radius 2 is 2.11 bits per heavy atom. The van der Waals surface area contributed by atoms with Gasteiger partial charge in [-0.25, -0.2) is 0 Å². The van der Waals surface area contributed by atoms with E-state index < -0.39 is 0 Å². The molecule has 18 heavy (non-hydrogen) atoms. The van der Waals surface area contributed by atoms with Gasteiger partial charge in [0.25, 0.3) is 5.91 Å². The van der Waals surface area contributed by atoms with Crippen LogP contribution in [-0.2, 0) is 0 Å². The summed E-state index contributed by atoms with van der Waals surface area (Å²) in [5.74, 6) is -0.240. The Morgan fingerprint density at radius 3 is 2.83 bits per heavy atom. The average Bonchev–Trinajstić information content (AvgIpc) is 2.34. The molecule has 1 N–H and O–H groups in total. The van der Waals surface area contributed by atoms with E-state index in [4.69, 9.17) is 11.6 Å². The van der Waals surface area contributed by atoms with Crippen molar-refractivity contribution in [2.24, 2.45) is 0 Å². The molecule has 1 aromatic carbocycles. The fourth-order valence-corrected chi connectivity index (χ4v) is 2.00. The number of rotatable bonds is 2. The van der Waals surface area contributed by atoms with Crippen LogP contribution in [0.15, 0.2) is 41.1 Å². The Kier molecular flexibility index (Phi) is 3.99. The van der Waals surface area contributed by atoms with E-state index in [-0.39, 0.29) is 5.91 Å². The number of hydrogen-bond donors (Lipinski definition) is 1. The number of nitrogens with one attached hydrogen (secondary N) is 1. The minimum atomic E-state index is -0.240. The molecule has 0 radical (unpaired) electrons. The van der Waals surface area contributed by atoms with Gasteiger partial charge in [-0.3, -0.25) is 9.78 Å². The first-order valence-electron chi connectivity index (χ1n) is 5.24. The van der Waals surface area contributed by atoms with Crippen LogP contribution in [0.2, 0.25) is 5.02 Å². The molecule has 0 saturated carbocycles. The number of benzene rings is 1. The highest BCUT2D eigenvalue weighted by Crippen LogP contribution is 2.23. The Bertz CT molecular complexity index is 601. The van der Waals surface area contributed by atoms with Gasteiger partial charge in [-0.15, -0.1) is 0 Å². The van der Waals surface area contributed by atoms with Crippen molar-refractivity contribution in [1.82, 2.24) is 4.98 Å². The zero-order valence-electron chi connectivity index (χ0n) is 9.58. The number of hydrogen-bond acceptors (Lipinski definition) is 2. The van der Waals surface area contributed by atoms with Crippen molar-refractivity contribution in [3.05, 3.63) is 57.3 Å². The van der Waals surface area contributed by atoms with E-state index in [1.807, 2.05) is 19.1 Å². The normalized spacial score (nSPS) is 10.2. The van der Waals surface area contributed by atoms with Gasteiger partial charge in [-0.05, 0) is 46.6 Å². The molecule has 0 bridgehead atoms. The first kappa shape index (κ1) is 13.1. The monoisotopic (exact) mass is 324 g/mol. The van der Waals surface area contributed by atoms with E-state index in [1.54, 1.807) is 18.3 Å². The van der Waals surface area contributed by atoms with Crippen LogP contribution in [0.5, 0.6) is 0 Å². The van der Waals surface area contributed by atoms with Crippen molar-refractivity contribution in [3.63, 3.8) is 0 Å². The van der Waals surface area contributed by atoms with Crippen molar-refractivity contribution in [2.75, 3.05) is 5.32 Å². The van der Waals surface area contributed by atoms with Crippen LogP contribution in [0.4, 0.5) is 5.69 Å². The maximum absolute atomic E-state index is 12.0. The van der Waals surface area contributed by atoms with Crippen LogP contribution in [0.3, 0.4) is 0 Å². The summed E-state index contributed by atoms with van der Waals surface area (Å²) in [6, 6.07) is 7.17. The maximum Gasteiger partial charge on any atom is 0.257 e. The molecule has 1 aromatic heterocycles. The highest BCUT2D eigenvalue weighted by atomic mass is 79.9. The highest BCUT2D eigenvalue weighted by Gasteiger charge is 2.09. The van der Waals surface area contributed by atoms with E-state index in [9.17, 15) is 4.79 Å². The molecule has 5 heteroatoms. The number of amides is 1. The molecule has 0 aliphatic heterocycles. The average molecular weight is 326 g/mol. The van der Waals surface area contributed by atoms with E-state index >= 15 is 0 Å². The van der Waals surface area contributed by atoms with Gasteiger partial charge in [0, 0.05) is 16.9 Å². The number of aryl methyl sites for hydroxylation is 1. The fraction of sp³-hybridized carbons (Fsp3) is 0.0769. The smallest absolute Gasteiger partial charge is 0.257 e. The van der Waals surface area contributed by atoms with E-state index in [1.165, 1.54) is 6.20 Å². The molecule has 0 aliphatic rings. The van der Waals surface area contributed by atoms with Crippen molar-refractivity contribution in [3.8, 4) is 0 Å². The number of halogens is 2. The molecule has 3 nitrogen and oxygen atoms in total. The minimum absolute atomic E-state index is 0.240. The van der Waals surface area contributed by atoms with Crippen molar-refractivity contribution >= 4 is 39.1 Å². The van der Waals surface area contributed by atoms with Crippen molar-refractivity contribution in [2.45, 2.75) is 6.92 Å². The van der Waals surface area contributed by atoms with Crippen LogP contribution in [0.1, 0.15) is 15.9 Å². The second-order valence-corrected chi connectivity index (χ2v) is 5.15. The van der Waals surface area contributed by atoms with E-state index in [2.05, 4.69) is 26.2 Å². The van der Waals surface area contributed by atoms with Crippen LogP contribution >= 0.6 is 27.5 Å². The lowest BCUT2D eigenvalue weighted by molar-refractivity contribution is 0.102. The van der Waals surface area contributed by atoms with Gasteiger partial charge in [-0.2, -0.15) is 0 Å². The zero-order valence-corrected chi connectivity index (χ0v) is 11.9. The Morgan fingerprint density at radius 1 is 1.33 bits per heavy atom. The molecule has 1 amide bonds. The van der Waals surface area contributed by atoms with Gasteiger partial charge in [0.2, 0.25) is 0 Å². The summed E-state index contributed by atoms with van der Waals surface area (Å²) in [4.78, 5) is 15.9. The molecule has 0 saturated heterocycles. The van der Waals surface area contributed by atoms with Crippen LogP contribution in [0.25, 0.3) is 0 Å². The third-order valence-corrected chi connectivity index (χ3v) is 3.10. The van der Waals surface area contributed by atoms with Crippen LogP contribution in [0, 0.1) is 6.92 Å².